The molecule has 2 aliphatic heterocycles. The van der Waals surface area contributed by atoms with Crippen molar-refractivity contribution in [2.24, 2.45) is 16.7 Å². The SMILES string of the molecule is CO[C@H]1C[C@H](O[C@H]2[C@@H](O)C[C@H](O[C@H]3CC[C@]4(C)[C@H]5C[C@@H](O)[C@@]6(C)[C@](O)(CC[C@@]6(O)[C@H](C)OC(=O)/C=C/C=C/c6ccccc6)[C@]5(O)C[C@H](O)[C@@]4(O)C3)O[C@@H]2C)O[C@H](C)[C@H]1O. The van der Waals surface area contributed by atoms with E-state index in [9.17, 15) is 45.6 Å². The molecule has 6 fully saturated rings. The van der Waals surface area contributed by atoms with Crippen LogP contribution in [0.1, 0.15) is 98.0 Å². The molecule has 6 aliphatic rings. The lowest BCUT2D eigenvalue weighted by Gasteiger charge is -2.71. The van der Waals surface area contributed by atoms with Gasteiger partial charge < -0.3 is 69.3 Å². The van der Waals surface area contributed by atoms with Gasteiger partial charge >= 0.3 is 5.97 Å². The Labute approximate surface area is 351 Å². The zero-order valence-corrected chi connectivity index (χ0v) is 35.5. The summed E-state index contributed by atoms with van der Waals surface area (Å²) in [5.41, 5.74) is -10.1. The van der Waals surface area contributed by atoms with E-state index in [-0.39, 0.29) is 44.9 Å². The molecule has 7 rings (SSSR count). The van der Waals surface area contributed by atoms with E-state index in [0.29, 0.717) is 6.42 Å². The van der Waals surface area contributed by atoms with Crippen molar-refractivity contribution >= 4 is 12.0 Å². The number of fused-ring (bicyclic) bond motifs is 5. The summed E-state index contributed by atoms with van der Waals surface area (Å²) in [6, 6.07) is 9.51. The van der Waals surface area contributed by atoms with Gasteiger partial charge in [-0.3, -0.25) is 0 Å². The lowest BCUT2D eigenvalue weighted by Crippen LogP contribution is -2.83. The van der Waals surface area contributed by atoms with E-state index in [1.807, 2.05) is 36.4 Å². The zero-order valence-electron chi connectivity index (χ0n) is 35.5. The number of esters is 1. The lowest BCUT2D eigenvalue weighted by atomic mass is 9.38. The van der Waals surface area contributed by atoms with Crippen molar-refractivity contribution in [1.82, 2.24) is 0 Å². The number of carbonyl (C=O) groups excluding carboxylic acids is 1. The predicted molar refractivity (Wildman–Crippen MR) is 214 cm³/mol. The first-order valence-corrected chi connectivity index (χ1v) is 21.5. The molecule has 4 aliphatic carbocycles. The Morgan fingerprint density at radius 1 is 0.833 bits per heavy atom. The summed E-state index contributed by atoms with van der Waals surface area (Å²) in [7, 11) is 1.51. The quantitative estimate of drug-likeness (QED) is 0.0729. The summed E-state index contributed by atoms with van der Waals surface area (Å²) >= 11 is 0. The summed E-state index contributed by atoms with van der Waals surface area (Å²) in [6.07, 6.45) is -4.32. The fourth-order valence-electron chi connectivity index (χ4n) is 12.3. The molecule has 0 spiro atoms. The molecule has 8 N–H and O–H groups in total. The summed E-state index contributed by atoms with van der Waals surface area (Å²) in [5, 5.41) is 96.0. The average Bonchev–Trinajstić information content (AvgIpc) is 3.43. The molecule has 0 bridgehead atoms. The van der Waals surface area contributed by atoms with Gasteiger partial charge in [-0.05, 0) is 58.4 Å². The van der Waals surface area contributed by atoms with E-state index in [1.54, 1.807) is 26.8 Å². The highest BCUT2D eigenvalue weighted by Gasteiger charge is 2.83. The topological polar surface area (TPSA) is 234 Å². The van der Waals surface area contributed by atoms with Crippen LogP contribution in [-0.4, -0.2) is 150 Å². The molecule has 2 saturated heterocycles. The largest absolute Gasteiger partial charge is 0.456 e. The zero-order chi connectivity index (χ0) is 43.6. The number of methoxy groups -OCH3 is 1. The first-order chi connectivity index (χ1) is 28.2. The van der Waals surface area contributed by atoms with Crippen molar-refractivity contribution in [2.45, 2.75) is 188 Å². The molecule has 1 aromatic carbocycles. The van der Waals surface area contributed by atoms with Gasteiger partial charge in [0.25, 0.3) is 0 Å². The number of benzene rings is 1. The highest BCUT2D eigenvalue weighted by Crippen LogP contribution is 2.72. The lowest BCUT2D eigenvalue weighted by molar-refractivity contribution is -0.375. The van der Waals surface area contributed by atoms with Crippen molar-refractivity contribution in [3.05, 3.63) is 54.1 Å². The fourth-order valence-corrected chi connectivity index (χ4v) is 12.3. The van der Waals surface area contributed by atoms with E-state index in [2.05, 4.69) is 0 Å². The number of aliphatic hydroxyl groups excluding tert-OH is 4. The van der Waals surface area contributed by atoms with Crippen molar-refractivity contribution in [1.29, 1.82) is 0 Å². The van der Waals surface area contributed by atoms with Crippen LogP contribution in [0.5, 0.6) is 0 Å². The minimum absolute atomic E-state index is 0.0488. The van der Waals surface area contributed by atoms with Gasteiger partial charge in [0.2, 0.25) is 0 Å². The number of aliphatic hydroxyl groups is 8. The third-order valence-electron chi connectivity index (χ3n) is 16.0. The predicted octanol–water partition coefficient (Wildman–Crippen LogP) is 2.02. The fraction of sp³-hybridized carbons (Fsp3) is 0.756. The van der Waals surface area contributed by atoms with Crippen LogP contribution in [0.3, 0.4) is 0 Å². The van der Waals surface area contributed by atoms with Crippen LogP contribution in [0, 0.1) is 16.7 Å². The maximum Gasteiger partial charge on any atom is 0.331 e. The summed E-state index contributed by atoms with van der Waals surface area (Å²) in [4.78, 5) is 12.9. The number of ether oxygens (including phenoxy) is 6. The molecule has 1 aromatic rings. The Hall–Kier alpha value is -2.35. The molecule has 0 radical (unpaired) electrons. The molecule has 336 valence electrons. The van der Waals surface area contributed by atoms with Gasteiger partial charge in [0.1, 0.15) is 35.1 Å². The second-order valence-electron chi connectivity index (χ2n) is 18.9. The van der Waals surface area contributed by atoms with Crippen LogP contribution in [0.2, 0.25) is 0 Å². The monoisotopic (exact) mass is 846 g/mol. The second-order valence-corrected chi connectivity index (χ2v) is 18.9. The Morgan fingerprint density at radius 3 is 2.20 bits per heavy atom. The first kappa shape index (κ1) is 45.7. The maximum absolute atomic E-state index is 12.9. The average molecular weight is 847 g/mol. The highest BCUT2D eigenvalue weighted by atomic mass is 16.7. The molecular formula is C45H66O15. The van der Waals surface area contributed by atoms with E-state index >= 15 is 0 Å². The number of allylic oxidation sites excluding steroid dienone is 2. The van der Waals surface area contributed by atoms with Crippen molar-refractivity contribution in [3.63, 3.8) is 0 Å². The van der Waals surface area contributed by atoms with Crippen LogP contribution in [0.25, 0.3) is 6.08 Å². The van der Waals surface area contributed by atoms with Crippen LogP contribution in [0.15, 0.2) is 48.6 Å². The number of rotatable bonds is 10. The van der Waals surface area contributed by atoms with Gasteiger partial charge in [-0.1, -0.05) is 62.4 Å². The maximum atomic E-state index is 12.9. The summed E-state index contributed by atoms with van der Waals surface area (Å²) in [6.45, 7) is 8.23. The van der Waals surface area contributed by atoms with Gasteiger partial charge in [0.15, 0.2) is 12.6 Å². The Bertz CT molecular complexity index is 1730. The van der Waals surface area contributed by atoms with Crippen molar-refractivity contribution < 1.29 is 74.1 Å². The minimum atomic E-state index is -2.16. The minimum Gasteiger partial charge on any atom is -0.456 e. The Balaban J connectivity index is 1.02. The van der Waals surface area contributed by atoms with Gasteiger partial charge in [0, 0.05) is 50.2 Å². The van der Waals surface area contributed by atoms with Crippen molar-refractivity contribution in [2.75, 3.05) is 7.11 Å². The third kappa shape index (κ3) is 7.23. The van der Waals surface area contributed by atoms with Gasteiger partial charge in [-0.15, -0.1) is 0 Å². The molecular weight excluding hydrogens is 780 g/mol. The molecule has 19 atom stereocenters. The third-order valence-corrected chi connectivity index (χ3v) is 16.0. The Kier molecular flexibility index (Phi) is 12.7. The molecule has 0 amide bonds. The van der Waals surface area contributed by atoms with Crippen LogP contribution in [-0.2, 0) is 33.2 Å². The van der Waals surface area contributed by atoms with E-state index in [0.717, 1.165) is 5.56 Å². The van der Waals surface area contributed by atoms with Crippen LogP contribution in [0.4, 0.5) is 0 Å². The molecule has 60 heavy (non-hydrogen) atoms. The molecule has 15 heteroatoms. The number of carbonyl (C=O) groups is 1. The van der Waals surface area contributed by atoms with Crippen LogP contribution < -0.4 is 0 Å². The normalized spacial score (nSPS) is 49.9. The summed E-state index contributed by atoms with van der Waals surface area (Å²) < 4.78 is 35.6. The van der Waals surface area contributed by atoms with Gasteiger partial charge in [-0.25, -0.2) is 4.79 Å². The molecule has 4 saturated carbocycles. The number of hydrogen-bond donors (Lipinski definition) is 8. The Morgan fingerprint density at radius 2 is 1.52 bits per heavy atom. The second kappa shape index (κ2) is 16.6. The summed E-state index contributed by atoms with van der Waals surface area (Å²) in [5.74, 6) is -1.65. The molecule has 2 heterocycles. The highest BCUT2D eigenvalue weighted by molar-refractivity contribution is 5.82. The van der Waals surface area contributed by atoms with Crippen LogP contribution >= 0.6 is 0 Å². The molecule has 0 aromatic heterocycles. The van der Waals surface area contributed by atoms with E-state index in [4.69, 9.17) is 28.4 Å². The van der Waals surface area contributed by atoms with Crippen molar-refractivity contribution in [3.8, 4) is 0 Å². The van der Waals surface area contributed by atoms with E-state index in [1.165, 1.54) is 33.1 Å². The van der Waals surface area contributed by atoms with E-state index < -0.39 is 125 Å². The smallest absolute Gasteiger partial charge is 0.331 e. The molecule has 15 nitrogen and oxygen atoms in total. The van der Waals surface area contributed by atoms with Gasteiger partial charge in [-0.2, -0.15) is 0 Å². The van der Waals surface area contributed by atoms with Gasteiger partial charge in [0.05, 0.1) is 53.7 Å². The molecule has 0 unspecified atom stereocenters. The number of hydrogen-bond acceptors (Lipinski definition) is 15. The first-order valence-electron chi connectivity index (χ1n) is 21.5. The standard InChI is InChI=1S/C45H66O15/c1-25-38(50)31(55-6)21-37(56-25)60-39-26(2)57-36(20-30(39)46)59-29-16-17-40(4)32-22-33(47)41(5)42(51,18-19-45(41,54)43(32,52)24-34(48)44(40,53)23-29)27(3)58-35(49)15-11-10-14-28-12-8-7-9-13-28/h7-15,25-27,29-34,36-39,46-48,50-54H,16-24H2,1-6H3/b14-10+,15-11+/t25-,26-,27+,29+,30+,31+,32-,33-,34+,36+,37+,38-,39-,40-,41-,42-,43+,44+,45-/m1/s1.